The van der Waals surface area contributed by atoms with Crippen LogP contribution in [0.4, 0.5) is 0 Å². The number of fused-ring (bicyclic) bond motifs is 2. The molecule has 3 atom stereocenters. The Bertz CT molecular complexity index is 359. The first-order chi connectivity index (χ1) is 8.32. The van der Waals surface area contributed by atoms with Gasteiger partial charge in [0.25, 0.3) is 0 Å². The van der Waals surface area contributed by atoms with Crippen molar-refractivity contribution in [2.24, 2.45) is 17.3 Å². The highest BCUT2D eigenvalue weighted by Crippen LogP contribution is 2.57. The van der Waals surface area contributed by atoms with Gasteiger partial charge in [0, 0.05) is 6.54 Å². The van der Waals surface area contributed by atoms with Crippen LogP contribution in [-0.2, 0) is 6.42 Å². The molecule has 0 aromatic carbocycles. The molecule has 2 heteroatoms. The SMILES string of the molecule is CCNCC1(Cc2ccsc2)CC2CCC1C2. The fraction of sp³-hybridized carbons (Fsp3) is 0.733. The zero-order chi connectivity index (χ0) is 11.7. The normalized spacial score (nSPS) is 35.6. The molecule has 1 N–H and O–H groups in total. The molecule has 1 aromatic rings. The highest BCUT2D eigenvalue weighted by molar-refractivity contribution is 7.07. The summed E-state index contributed by atoms with van der Waals surface area (Å²) < 4.78 is 0. The number of hydrogen-bond donors (Lipinski definition) is 1. The van der Waals surface area contributed by atoms with Crippen molar-refractivity contribution in [2.45, 2.75) is 39.0 Å². The van der Waals surface area contributed by atoms with Crippen molar-refractivity contribution in [2.75, 3.05) is 13.1 Å². The van der Waals surface area contributed by atoms with Gasteiger partial charge >= 0.3 is 0 Å². The predicted molar refractivity (Wildman–Crippen MR) is 74.4 cm³/mol. The molecule has 94 valence electrons. The Morgan fingerprint density at radius 1 is 1.47 bits per heavy atom. The molecule has 2 saturated carbocycles. The van der Waals surface area contributed by atoms with Gasteiger partial charge in [-0.2, -0.15) is 11.3 Å². The highest BCUT2D eigenvalue weighted by atomic mass is 32.1. The van der Waals surface area contributed by atoms with Crippen molar-refractivity contribution in [1.29, 1.82) is 0 Å². The first kappa shape index (κ1) is 11.7. The van der Waals surface area contributed by atoms with E-state index in [2.05, 4.69) is 29.1 Å². The molecule has 0 amide bonds. The van der Waals surface area contributed by atoms with E-state index in [0.29, 0.717) is 5.41 Å². The monoisotopic (exact) mass is 249 g/mol. The minimum absolute atomic E-state index is 0.583. The number of nitrogens with one attached hydrogen (secondary N) is 1. The standard InChI is InChI=1S/C15H23NS/c1-2-16-11-15(9-13-5-6-17-10-13)8-12-3-4-14(15)7-12/h5-6,10,12,14,16H,2-4,7-9,11H2,1H3. The molecule has 17 heavy (non-hydrogen) atoms. The molecule has 2 bridgehead atoms. The van der Waals surface area contributed by atoms with Crippen LogP contribution in [0.2, 0.25) is 0 Å². The molecule has 1 aromatic heterocycles. The molecule has 0 saturated heterocycles. The summed E-state index contributed by atoms with van der Waals surface area (Å²) in [5.41, 5.74) is 2.15. The fourth-order valence-corrected chi connectivity index (χ4v) is 4.90. The minimum atomic E-state index is 0.583. The third kappa shape index (κ3) is 2.17. The fourth-order valence-electron chi connectivity index (χ4n) is 4.23. The molecule has 0 radical (unpaired) electrons. The number of thiophene rings is 1. The van der Waals surface area contributed by atoms with Gasteiger partial charge in [0.05, 0.1) is 0 Å². The van der Waals surface area contributed by atoms with E-state index in [4.69, 9.17) is 0 Å². The molecule has 0 spiro atoms. The van der Waals surface area contributed by atoms with Crippen LogP contribution in [-0.4, -0.2) is 13.1 Å². The lowest BCUT2D eigenvalue weighted by Crippen LogP contribution is -2.40. The van der Waals surface area contributed by atoms with E-state index >= 15 is 0 Å². The topological polar surface area (TPSA) is 12.0 Å². The van der Waals surface area contributed by atoms with Gasteiger partial charge in [0.15, 0.2) is 0 Å². The van der Waals surface area contributed by atoms with E-state index in [1.54, 1.807) is 5.56 Å². The second-order valence-electron chi connectivity index (χ2n) is 6.03. The zero-order valence-corrected chi connectivity index (χ0v) is 11.6. The first-order valence-corrected chi connectivity index (χ1v) is 7.98. The van der Waals surface area contributed by atoms with E-state index in [1.807, 2.05) is 11.3 Å². The summed E-state index contributed by atoms with van der Waals surface area (Å²) >= 11 is 1.85. The lowest BCUT2D eigenvalue weighted by Gasteiger charge is -2.38. The van der Waals surface area contributed by atoms with Crippen LogP contribution >= 0.6 is 11.3 Å². The summed E-state index contributed by atoms with van der Waals surface area (Å²) in [6, 6.07) is 2.32. The van der Waals surface area contributed by atoms with Crippen LogP contribution in [0.5, 0.6) is 0 Å². The van der Waals surface area contributed by atoms with Gasteiger partial charge in [0.1, 0.15) is 0 Å². The number of hydrogen-bond acceptors (Lipinski definition) is 2. The average Bonchev–Trinajstić information content (AvgIpc) is 3.02. The summed E-state index contributed by atoms with van der Waals surface area (Å²) in [6.45, 7) is 4.58. The van der Waals surface area contributed by atoms with Gasteiger partial charge in [-0.25, -0.2) is 0 Å². The molecule has 3 rings (SSSR count). The van der Waals surface area contributed by atoms with Crippen LogP contribution in [0.15, 0.2) is 16.8 Å². The van der Waals surface area contributed by atoms with Crippen LogP contribution in [0.3, 0.4) is 0 Å². The van der Waals surface area contributed by atoms with Crippen molar-refractivity contribution in [3.05, 3.63) is 22.4 Å². The Morgan fingerprint density at radius 3 is 3.00 bits per heavy atom. The van der Waals surface area contributed by atoms with Gasteiger partial charge in [0.2, 0.25) is 0 Å². The first-order valence-electron chi connectivity index (χ1n) is 7.04. The van der Waals surface area contributed by atoms with Crippen LogP contribution in [0, 0.1) is 17.3 Å². The van der Waals surface area contributed by atoms with Gasteiger partial charge in [-0.15, -0.1) is 0 Å². The zero-order valence-electron chi connectivity index (χ0n) is 10.7. The quantitative estimate of drug-likeness (QED) is 0.839. The average molecular weight is 249 g/mol. The van der Waals surface area contributed by atoms with E-state index in [0.717, 1.165) is 18.4 Å². The van der Waals surface area contributed by atoms with Crippen molar-refractivity contribution in [3.63, 3.8) is 0 Å². The Hall–Kier alpha value is -0.340. The van der Waals surface area contributed by atoms with Crippen LogP contribution in [0.1, 0.15) is 38.2 Å². The van der Waals surface area contributed by atoms with E-state index in [9.17, 15) is 0 Å². The summed E-state index contributed by atoms with van der Waals surface area (Å²) in [6.07, 6.45) is 7.28. The Balaban J connectivity index is 1.77. The lowest BCUT2D eigenvalue weighted by molar-refractivity contribution is 0.157. The molecular weight excluding hydrogens is 226 g/mol. The molecule has 2 aliphatic rings. The van der Waals surface area contributed by atoms with Crippen LogP contribution < -0.4 is 5.32 Å². The predicted octanol–water partition coefficient (Wildman–Crippen LogP) is 3.71. The summed E-state index contributed by atoms with van der Waals surface area (Å²) in [4.78, 5) is 0. The largest absolute Gasteiger partial charge is 0.316 e. The molecular formula is C15H23NS. The van der Waals surface area contributed by atoms with Crippen molar-refractivity contribution in [1.82, 2.24) is 5.32 Å². The molecule has 1 nitrogen and oxygen atoms in total. The summed E-state index contributed by atoms with van der Waals surface area (Å²) in [5, 5.41) is 8.20. The maximum Gasteiger partial charge on any atom is 0.00136 e. The summed E-state index contributed by atoms with van der Waals surface area (Å²) in [5.74, 6) is 2.03. The van der Waals surface area contributed by atoms with E-state index in [-0.39, 0.29) is 0 Å². The Kier molecular flexibility index (Phi) is 3.27. The molecule has 3 unspecified atom stereocenters. The smallest absolute Gasteiger partial charge is 0.00136 e. The third-order valence-corrected chi connectivity index (χ3v) is 5.70. The number of rotatable bonds is 5. The second-order valence-corrected chi connectivity index (χ2v) is 6.81. The summed E-state index contributed by atoms with van der Waals surface area (Å²) in [7, 11) is 0. The molecule has 1 heterocycles. The lowest BCUT2D eigenvalue weighted by atomic mass is 9.69. The van der Waals surface area contributed by atoms with Gasteiger partial charge in [-0.3, -0.25) is 0 Å². The maximum absolute atomic E-state index is 3.63. The molecule has 2 fully saturated rings. The maximum atomic E-state index is 3.63. The van der Waals surface area contributed by atoms with Crippen molar-refractivity contribution < 1.29 is 0 Å². The highest BCUT2D eigenvalue weighted by Gasteiger charge is 2.50. The molecule has 2 aliphatic carbocycles. The third-order valence-electron chi connectivity index (χ3n) is 4.97. The minimum Gasteiger partial charge on any atom is -0.316 e. The van der Waals surface area contributed by atoms with Gasteiger partial charge < -0.3 is 5.32 Å². The van der Waals surface area contributed by atoms with E-state index in [1.165, 1.54) is 38.6 Å². The van der Waals surface area contributed by atoms with Crippen molar-refractivity contribution >= 4 is 11.3 Å². The van der Waals surface area contributed by atoms with Gasteiger partial charge in [-0.1, -0.05) is 13.3 Å². The second kappa shape index (κ2) is 4.74. The van der Waals surface area contributed by atoms with Crippen LogP contribution in [0.25, 0.3) is 0 Å². The van der Waals surface area contributed by atoms with Gasteiger partial charge in [-0.05, 0) is 71.9 Å². The molecule has 0 aliphatic heterocycles. The Labute approximate surface area is 109 Å². The van der Waals surface area contributed by atoms with E-state index < -0.39 is 0 Å². The van der Waals surface area contributed by atoms with Crippen molar-refractivity contribution in [3.8, 4) is 0 Å². The Morgan fingerprint density at radius 2 is 2.41 bits per heavy atom.